The summed E-state index contributed by atoms with van der Waals surface area (Å²) in [5.41, 5.74) is 2.88. The van der Waals surface area contributed by atoms with Crippen molar-refractivity contribution in [1.29, 1.82) is 0 Å². The number of carbonyl (C=O) groups is 4. The van der Waals surface area contributed by atoms with Crippen molar-refractivity contribution in [3.05, 3.63) is 101 Å². The maximum atomic E-state index is 13.8. The van der Waals surface area contributed by atoms with E-state index in [-0.39, 0.29) is 41.6 Å². The lowest BCUT2D eigenvalue weighted by Gasteiger charge is -2.27. The van der Waals surface area contributed by atoms with E-state index < -0.39 is 12.0 Å². The summed E-state index contributed by atoms with van der Waals surface area (Å²) < 4.78 is 5.24. The molecule has 1 saturated heterocycles. The molecule has 0 bridgehead atoms. The lowest BCUT2D eigenvalue weighted by molar-refractivity contribution is -0.120. The second-order valence-electron chi connectivity index (χ2n) is 11.7. The summed E-state index contributed by atoms with van der Waals surface area (Å²) in [6.45, 7) is 3.83. The minimum absolute atomic E-state index is 0.0757. The van der Waals surface area contributed by atoms with Crippen LogP contribution in [0.3, 0.4) is 0 Å². The number of amides is 4. The molecule has 3 aromatic rings. The average Bonchev–Trinajstić information content (AvgIpc) is 3.89. The average molecular weight is 612 g/mol. The predicted octanol–water partition coefficient (Wildman–Crippen LogP) is 3.98. The van der Waals surface area contributed by atoms with Crippen molar-refractivity contribution in [2.75, 3.05) is 37.7 Å². The third kappa shape index (κ3) is 9.39. The summed E-state index contributed by atoms with van der Waals surface area (Å²) >= 11 is 0. The molecule has 5 rings (SSSR count). The van der Waals surface area contributed by atoms with Gasteiger partial charge in [-0.1, -0.05) is 60.7 Å². The van der Waals surface area contributed by atoms with Gasteiger partial charge in [-0.25, -0.2) is 4.79 Å². The molecule has 1 saturated carbocycles. The first-order valence-corrected chi connectivity index (χ1v) is 15.6. The molecular weight excluding hydrogens is 570 g/mol. The number of ether oxygens (including phenoxy) is 1. The molecule has 0 aromatic heterocycles. The zero-order valence-electron chi connectivity index (χ0n) is 25.6. The third-order valence-electron chi connectivity index (χ3n) is 7.99. The lowest BCUT2D eigenvalue weighted by Crippen LogP contribution is -2.46. The number of hydrogen-bond acceptors (Lipinski definition) is 6. The number of cyclic esters (lactones) is 1. The zero-order chi connectivity index (χ0) is 31.6. The summed E-state index contributed by atoms with van der Waals surface area (Å²) in [6, 6.07) is 23.5. The van der Waals surface area contributed by atoms with Crippen LogP contribution in [0.4, 0.5) is 10.5 Å². The molecule has 10 nitrogen and oxygen atoms in total. The van der Waals surface area contributed by atoms with Crippen molar-refractivity contribution in [2.24, 2.45) is 5.92 Å². The van der Waals surface area contributed by atoms with Crippen LogP contribution in [0.1, 0.15) is 64.1 Å². The standard InChI is InChI=1S/C35H41N5O5/c1-24(27-11-6-3-7-12-27)38-33(42)28-18-29(20-31(19-28)40-15-8-16-45-35(40)44)34(43)39-30(17-25-9-4-2-5-10-25)22-36-23-32(41)37-21-26-13-14-26/h2-7,9-12,18-20,24,26,30,36H,8,13-17,21-23H2,1H3,(H,37,41)(H,38,42)(H,39,43)/t24-,30+/m1/s1. The van der Waals surface area contributed by atoms with E-state index in [1.54, 1.807) is 18.2 Å². The highest BCUT2D eigenvalue weighted by atomic mass is 16.6. The number of anilines is 1. The van der Waals surface area contributed by atoms with Crippen LogP contribution in [0, 0.1) is 5.92 Å². The van der Waals surface area contributed by atoms with E-state index in [1.165, 1.54) is 4.90 Å². The van der Waals surface area contributed by atoms with Gasteiger partial charge in [0, 0.05) is 42.5 Å². The van der Waals surface area contributed by atoms with Gasteiger partial charge in [0.25, 0.3) is 11.8 Å². The quantitative estimate of drug-likeness (QED) is 0.218. The fourth-order valence-electron chi connectivity index (χ4n) is 5.26. The maximum absolute atomic E-state index is 13.8. The molecule has 3 aromatic carbocycles. The molecule has 10 heteroatoms. The second-order valence-corrected chi connectivity index (χ2v) is 11.7. The van der Waals surface area contributed by atoms with Crippen LogP contribution in [-0.2, 0) is 16.0 Å². The minimum Gasteiger partial charge on any atom is -0.449 e. The van der Waals surface area contributed by atoms with Gasteiger partial charge in [0.1, 0.15) is 0 Å². The van der Waals surface area contributed by atoms with Crippen LogP contribution >= 0.6 is 0 Å². The largest absolute Gasteiger partial charge is 0.449 e. The van der Waals surface area contributed by atoms with Crippen molar-refractivity contribution in [3.8, 4) is 0 Å². The highest BCUT2D eigenvalue weighted by Crippen LogP contribution is 2.27. The molecule has 2 atom stereocenters. The Morgan fingerprint density at radius 1 is 0.911 bits per heavy atom. The second kappa shape index (κ2) is 15.3. The number of rotatable bonds is 14. The molecule has 0 unspecified atom stereocenters. The molecule has 45 heavy (non-hydrogen) atoms. The van der Waals surface area contributed by atoms with E-state index in [0.29, 0.717) is 50.7 Å². The molecule has 4 amide bonds. The van der Waals surface area contributed by atoms with Gasteiger partial charge in [0.2, 0.25) is 5.91 Å². The first-order valence-electron chi connectivity index (χ1n) is 15.6. The Kier molecular flexibility index (Phi) is 10.8. The van der Waals surface area contributed by atoms with Gasteiger partial charge in [-0.05, 0) is 67.9 Å². The topological polar surface area (TPSA) is 129 Å². The zero-order valence-corrected chi connectivity index (χ0v) is 25.6. The van der Waals surface area contributed by atoms with E-state index in [1.807, 2.05) is 67.6 Å². The van der Waals surface area contributed by atoms with Crippen LogP contribution in [0.5, 0.6) is 0 Å². The molecule has 1 aliphatic carbocycles. The SMILES string of the molecule is C[C@@H](NC(=O)c1cc(C(=O)N[C@H](CNCC(=O)NCC2CC2)Cc2ccccc2)cc(N2CCCOC2=O)c1)c1ccccc1. The van der Waals surface area contributed by atoms with Crippen LogP contribution in [0.15, 0.2) is 78.9 Å². The summed E-state index contributed by atoms with van der Waals surface area (Å²) in [5.74, 6) is -0.246. The van der Waals surface area contributed by atoms with E-state index in [4.69, 9.17) is 4.74 Å². The van der Waals surface area contributed by atoms with Gasteiger partial charge >= 0.3 is 6.09 Å². The summed E-state index contributed by atoms with van der Waals surface area (Å²) in [4.78, 5) is 53.6. The molecular formula is C35H41N5O5. The Morgan fingerprint density at radius 3 is 2.24 bits per heavy atom. The summed E-state index contributed by atoms with van der Waals surface area (Å²) in [7, 11) is 0. The monoisotopic (exact) mass is 611 g/mol. The number of nitrogens with one attached hydrogen (secondary N) is 4. The summed E-state index contributed by atoms with van der Waals surface area (Å²) in [5, 5.41) is 12.2. The van der Waals surface area contributed by atoms with Gasteiger partial charge < -0.3 is 26.0 Å². The van der Waals surface area contributed by atoms with Crippen molar-refractivity contribution >= 4 is 29.5 Å². The molecule has 2 fully saturated rings. The Morgan fingerprint density at radius 2 is 1.58 bits per heavy atom. The first-order chi connectivity index (χ1) is 21.9. The highest BCUT2D eigenvalue weighted by Gasteiger charge is 2.26. The molecule has 2 aliphatic rings. The third-order valence-corrected chi connectivity index (χ3v) is 7.99. The minimum atomic E-state index is -0.520. The Hall–Kier alpha value is -4.70. The fraction of sp³-hybridized carbons (Fsp3) is 0.371. The van der Waals surface area contributed by atoms with Gasteiger partial charge in [-0.3, -0.25) is 19.3 Å². The van der Waals surface area contributed by atoms with Crippen LogP contribution in [0.25, 0.3) is 0 Å². The Bertz CT molecular complexity index is 1480. The van der Waals surface area contributed by atoms with Crippen molar-refractivity contribution in [2.45, 2.75) is 44.7 Å². The fourth-order valence-corrected chi connectivity index (χ4v) is 5.26. The van der Waals surface area contributed by atoms with Crippen molar-refractivity contribution < 1.29 is 23.9 Å². The number of benzene rings is 3. The molecule has 4 N–H and O–H groups in total. The summed E-state index contributed by atoms with van der Waals surface area (Å²) in [6.07, 6.45) is 2.97. The van der Waals surface area contributed by atoms with E-state index in [0.717, 1.165) is 24.0 Å². The molecule has 0 radical (unpaired) electrons. The number of nitrogens with zero attached hydrogens (tertiary/aromatic N) is 1. The maximum Gasteiger partial charge on any atom is 0.414 e. The highest BCUT2D eigenvalue weighted by molar-refractivity contribution is 6.02. The number of hydrogen-bond donors (Lipinski definition) is 4. The molecule has 1 heterocycles. The molecule has 1 aliphatic heterocycles. The number of carbonyl (C=O) groups excluding carboxylic acids is 4. The van der Waals surface area contributed by atoms with E-state index in [9.17, 15) is 19.2 Å². The van der Waals surface area contributed by atoms with Crippen molar-refractivity contribution in [1.82, 2.24) is 21.3 Å². The Balaban J connectivity index is 1.33. The smallest absolute Gasteiger partial charge is 0.414 e. The van der Waals surface area contributed by atoms with Gasteiger partial charge in [0.05, 0.1) is 19.2 Å². The lowest BCUT2D eigenvalue weighted by atomic mass is 10.0. The normalized spacial score (nSPS) is 15.8. The molecule has 236 valence electrons. The van der Waals surface area contributed by atoms with Gasteiger partial charge in [0.15, 0.2) is 0 Å². The van der Waals surface area contributed by atoms with E-state index in [2.05, 4.69) is 21.3 Å². The van der Waals surface area contributed by atoms with E-state index >= 15 is 0 Å². The van der Waals surface area contributed by atoms with Crippen molar-refractivity contribution in [3.63, 3.8) is 0 Å². The van der Waals surface area contributed by atoms with Gasteiger partial charge in [-0.2, -0.15) is 0 Å². The van der Waals surface area contributed by atoms with Gasteiger partial charge in [-0.15, -0.1) is 0 Å². The predicted molar refractivity (Wildman–Crippen MR) is 172 cm³/mol. The van der Waals surface area contributed by atoms with Crippen LogP contribution < -0.4 is 26.2 Å². The Labute approximate surface area is 263 Å². The van der Waals surface area contributed by atoms with Crippen LogP contribution in [-0.4, -0.2) is 62.6 Å². The molecule has 0 spiro atoms. The van der Waals surface area contributed by atoms with Crippen LogP contribution in [0.2, 0.25) is 0 Å². The first kappa shape index (κ1) is 31.7.